The molecule has 0 aliphatic carbocycles. The fourth-order valence-electron chi connectivity index (χ4n) is 3.91. The highest BCUT2D eigenvalue weighted by atomic mass is 16.5. The quantitative estimate of drug-likeness (QED) is 0.570. The molecule has 3 rings (SSSR count). The summed E-state index contributed by atoms with van der Waals surface area (Å²) in [5, 5.41) is 5.91. The van der Waals surface area contributed by atoms with Crippen LogP contribution in [0.4, 0.5) is 5.95 Å². The maximum absolute atomic E-state index is 13.0. The van der Waals surface area contributed by atoms with E-state index in [1.807, 2.05) is 17.0 Å². The smallest absolute Gasteiger partial charge is 0.324 e. The predicted octanol–water partition coefficient (Wildman–Crippen LogP) is 1.84. The van der Waals surface area contributed by atoms with Gasteiger partial charge in [0.25, 0.3) is 0 Å². The van der Waals surface area contributed by atoms with Gasteiger partial charge in [0.2, 0.25) is 17.8 Å². The Morgan fingerprint density at radius 3 is 2.12 bits per heavy atom. The van der Waals surface area contributed by atoms with Gasteiger partial charge in [-0.1, -0.05) is 38.1 Å². The van der Waals surface area contributed by atoms with E-state index in [1.54, 1.807) is 0 Å². The molecule has 2 heterocycles. The van der Waals surface area contributed by atoms with Crippen molar-refractivity contribution in [1.29, 1.82) is 0 Å². The number of carbonyl (C=O) groups excluding carboxylic acids is 2. The molecule has 34 heavy (non-hydrogen) atoms. The van der Waals surface area contributed by atoms with Gasteiger partial charge in [-0.05, 0) is 29.9 Å². The van der Waals surface area contributed by atoms with Crippen LogP contribution in [0.5, 0.6) is 12.0 Å². The summed E-state index contributed by atoms with van der Waals surface area (Å²) < 4.78 is 10.3. The van der Waals surface area contributed by atoms with Gasteiger partial charge >= 0.3 is 12.0 Å². The number of methoxy groups -OCH3 is 2. The van der Waals surface area contributed by atoms with Crippen molar-refractivity contribution in [2.24, 2.45) is 0 Å². The van der Waals surface area contributed by atoms with Crippen LogP contribution in [0.15, 0.2) is 24.3 Å². The number of nitrogens with one attached hydrogen (secondary N) is 2. The number of aromatic nitrogens is 3. The number of hydrogen-bond donors (Lipinski definition) is 2. The van der Waals surface area contributed by atoms with Gasteiger partial charge < -0.3 is 25.0 Å². The molecular formula is C24H34N6O4. The van der Waals surface area contributed by atoms with Crippen LogP contribution in [0.2, 0.25) is 0 Å². The summed E-state index contributed by atoms with van der Waals surface area (Å²) in [4.78, 5) is 39.4. The molecule has 1 atom stereocenters. The zero-order valence-electron chi connectivity index (χ0n) is 20.5. The standard InChI is InChI=1S/C24H34N6O4/c1-15(2)18-8-6-17(7-9-18)14-20(25-16(3)31)21(32)26-19-10-12-30(13-11-19)22-27-23(33-4)29-24(28-22)34-5/h6-9,15,19-20H,10-14H2,1-5H3,(H,25,31)(H,26,32)/t20-/m1/s1. The SMILES string of the molecule is COc1nc(OC)nc(N2CCC(NC(=O)[C@@H](Cc3ccc(C(C)C)cc3)NC(C)=O)CC2)n1. The fourth-order valence-corrected chi connectivity index (χ4v) is 3.91. The monoisotopic (exact) mass is 470 g/mol. The van der Waals surface area contributed by atoms with Crippen LogP contribution >= 0.6 is 0 Å². The number of benzene rings is 1. The third-order valence-corrected chi connectivity index (χ3v) is 5.85. The fraction of sp³-hybridized carbons (Fsp3) is 0.542. The minimum atomic E-state index is -0.627. The molecule has 1 saturated heterocycles. The highest BCUT2D eigenvalue weighted by Crippen LogP contribution is 2.21. The lowest BCUT2D eigenvalue weighted by Gasteiger charge is -2.33. The highest BCUT2D eigenvalue weighted by molar-refractivity contribution is 5.87. The summed E-state index contributed by atoms with van der Waals surface area (Å²) in [6.45, 7) is 7.02. The summed E-state index contributed by atoms with van der Waals surface area (Å²) in [6.07, 6.45) is 1.88. The Morgan fingerprint density at radius 2 is 1.62 bits per heavy atom. The molecule has 0 radical (unpaired) electrons. The first-order valence-corrected chi connectivity index (χ1v) is 11.5. The maximum atomic E-state index is 13.0. The van der Waals surface area contributed by atoms with Gasteiger partial charge in [0.15, 0.2) is 0 Å². The van der Waals surface area contributed by atoms with E-state index in [0.29, 0.717) is 31.4 Å². The zero-order chi connectivity index (χ0) is 24.7. The van der Waals surface area contributed by atoms with Gasteiger partial charge in [-0.25, -0.2) is 0 Å². The molecule has 2 N–H and O–H groups in total. The van der Waals surface area contributed by atoms with Crippen molar-refractivity contribution in [3.8, 4) is 12.0 Å². The highest BCUT2D eigenvalue weighted by Gasteiger charge is 2.27. The Labute approximate surface area is 200 Å². The predicted molar refractivity (Wildman–Crippen MR) is 128 cm³/mol. The molecule has 184 valence electrons. The number of piperidine rings is 1. The van der Waals surface area contributed by atoms with Gasteiger partial charge in [0.1, 0.15) is 6.04 Å². The lowest BCUT2D eigenvalue weighted by Crippen LogP contribution is -2.52. The first-order valence-electron chi connectivity index (χ1n) is 11.5. The van der Waals surface area contributed by atoms with Crippen molar-refractivity contribution in [1.82, 2.24) is 25.6 Å². The number of carbonyl (C=O) groups is 2. The molecule has 0 unspecified atom stereocenters. The van der Waals surface area contributed by atoms with Gasteiger partial charge in [0, 0.05) is 32.5 Å². The van der Waals surface area contributed by atoms with Crippen molar-refractivity contribution in [2.75, 3.05) is 32.2 Å². The van der Waals surface area contributed by atoms with Crippen molar-refractivity contribution >= 4 is 17.8 Å². The number of ether oxygens (including phenoxy) is 2. The molecule has 1 aromatic heterocycles. The number of amides is 2. The summed E-state index contributed by atoms with van der Waals surface area (Å²) in [5.41, 5.74) is 2.25. The molecular weight excluding hydrogens is 436 g/mol. The zero-order valence-corrected chi connectivity index (χ0v) is 20.5. The van der Waals surface area contributed by atoms with Crippen molar-refractivity contribution in [3.05, 3.63) is 35.4 Å². The molecule has 0 bridgehead atoms. The van der Waals surface area contributed by atoms with Gasteiger partial charge in [-0.3, -0.25) is 9.59 Å². The Balaban J connectivity index is 1.59. The van der Waals surface area contributed by atoms with Crippen LogP contribution in [0.1, 0.15) is 50.7 Å². The molecule has 2 aromatic rings. The second kappa shape index (κ2) is 11.6. The molecule has 0 saturated carbocycles. The van der Waals surface area contributed by atoms with E-state index in [9.17, 15) is 9.59 Å². The second-order valence-electron chi connectivity index (χ2n) is 8.73. The molecule has 1 aliphatic heterocycles. The lowest BCUT2D eigenvalue weighted by molar-refractivity contribution is -0.128. The summed E-state index contributed by atoms with van der Waals surface area (Å²) in [5.74, 6) is 0.514. The average Bonchev–Trinajstić information content (AvgIpc) is 2.83. The Bertz CT molecular complexity index is 952. The molecule has 10 nitrogen and oxygen atoms in total. The molecule has 1 fully saturated rings. The number of nitrogens with zero attached hydrogens (tertiary/aromatic N) is 4. The first-order chi connectivity index (χ1) is 16.3. The van der Waals surface area contributed by atoms with E-state index in [2.05, 4.69) is 51.6 Å². The minimum Gasteiger partial charge on any atom is -0.467 e. The van der Waals surface area contributed by atoms with Gasteiger partial charge in [0.05, 0.1) is 14.2 Å². The third kappa shape index (κ3) is 6.79. The topological polar surface area (TPSA) is 119 Å². The maximum Gasteiger partial charge on any atom is 0.324 e. The Morgan fingerprint density at radius 1 is 1.03 bits per heavy atom. The molecule has 1 aliphatic rings. The molecule has 1 aromatic carbocycles. The van der Waals surface area contributed by atoms with Crippen LogP contribution < -0.4 is 25.0 Å². The van der Waals surface area contributed by atoms with Crippen LogP contribution in [0.3, 0.4) is 0 Å². The summed E-state index contributed by atoms with van der Waals surface area (Å²) >= 11 is 0. The molecule has 2 amide bonds. The normalized spacial score (nSPS) is 15.1. The Hall–Kier alpha value is -3.43. The van der Waals surface area contributed by atoms with Crippen LogP contribution in [-0.2, 0) is 16.0 Å². The van der Waals surface area contributed by atoms with Gasteiger partial charge in [-0.15, -0.1) is 4.98 Å². The lowest BCUT2D eigenvalue weighted by atomic mass is 9.98. The number of anilines is 1. The van der Waals surface area contributed by atoms with E-state index in [1.165, 1.54) is 26.7 Å². The van der Waals surface area contributed by atoms with E-state index < -0.39 is 6.04 Å². The van der Waals surface area contributed by atoms with Crippen molar-refractivity contribution in [2.45, 2.75) is 58.0 Å². The van der Waals surface area contributed by atoms with Crippen molar-refractivity contribution < 1.29 is 19.1 Å². The van der Waals surface area contributed by atoms with Crippen molar-refractivity contribution in [3.63, 3.8) is 0 Å². The van der Waals surface area contributed by atoms with Crippen LogP contribution in [-0.4, -0.2) is 66.2 Å². The van der Waals surface area contributed by atoms with E-state index in [4.69, 9.17) is 9.47 Å². The number of rotatable bonds is 9. The van der Waals surface area contributed by atoms with Crippen LogP contribution in [0, 0.1) is 0 Å². The molecule has 0 spiro atoms. The average molecular weight is 471 g/mol. The molecule has 10 heteroatoms. The first kappa shape index (κ1) is 25.2. The van der Waals surface area contributed by atoms with Gasteiger partial charge in [-0.2, -0.15) is 9.97 Å². The largest absolute Gasteiger partial charge is 0.467 e. The summed E-state index contributed by atoms with van der Waals surface area (Å²) in [7, 11) is 2.98. The third-order valence-electron chi connectivity index (χ3n) is 5.85. The Kier molecular flexibility index (Phi) is 8.61. The number of hydrogen-bond acceptors (Lipinski definition) is 8. The second-order valence-corrected chi connectivity index (χ2v) is 8.73. The van der Waals surface area contributed by atoms with E-state index in [-0.39, 0.29) is 29.9 Å². The van der Waals surface area contributed by atoms with E-state index >= 15 is 0 Å². The van der Waals surface area contributed by atoms with Crippen LogP contribution in [0.25, 0.3) is 0 Å². The summed E-state index contributed by atoms with van der Waals surface area (Å²) in [6, 6.07) is 7.94. The van der Waals surface area contributed by atoms with E-state index in [0.717, 1.165) is 18.4 Å². The minimum absolute atomic E-state index is 0.00560.